The largest absolute Gasteiger partial charge is 0.497 e. The molecular formula is C12H17ClFNO. The number of hydrogen-bond donors (Lipinski definition) is 1. The maximum absolute atomic E-state index is 13.5. The smallest absolute Gasteiger partial charge is 0.128 e. The molecule has 1 fully saturated rings. The minimum absolute atomic E-state index is 0. The molecule has 1 atom stereocenters. The molecule has 1 saturated carbocycles. The summed E-state index contributed by atoms with van der Waals surface area (Å²) in [5, 5.41) is 0. The highest BCUT2D eigenvalue weighted by atomic mass is 35.5. The third-order valence-corrected chi connectivity index (χ3v) is 3.22. The van der Waals surface area contributed by atoms with Gasteiger partial charge in [0, 0.05) is 11.6 Å². The number of nitrogens with two attached hydrogens (primary N) is 1. The predicted octanol–water partition coefficient (Wildman–Crippen LogP) is 3.06. The van der Waals surface area contributed by atoms with Crippen molar-refractivity contribution in [3.63, 3.8) is 0 Å². The van der Waals surface area contributed by atoms with Crippen molar-refractivity contribution in [3.8, 4) is 5.75 Å². The van der Waals surface area contributed by atoms with Crippen molar-refractivity contribution in [1.82, 2.24) is 0 Å². The highest BCUT2D eigenvalue weighted by molar-refractivity contribution is 5.85. The summed E-state index contributed by atoms with van der Waals surface area (Å²) in [7, 11) is 1.58. The Bertz CT molecular complexity index is 355. The Morgan fingerprint density at radius 3 is 2.62 bits per heavy atom. The summed E-state index contributed by atoms with van der Waals surface area (Å²) in [6, 6.07) is 4.56. The second-order valence-corrected chi connectivity index (χ2v) is 4.10. The summed E-state index contributed by atoms with van der Waals surface area (Å²) in [6.07, 6.45) is 3.43. The fourth-order valence-electron chi connectivity index (χ4n) is 1.96. The Morgan fingerprint density at radius 1 is 1.44 bits per heavy atom. The standard InChI is InChI=1S/C12H16FNO.ClH/c1-15-9-5-6-11(13)10(7-9)12(14)8-3-2-4-8;/h5-8,12H,2-4,14H2,1H3;1H/t12-;/m0./s1. The Balaban J connectivity index is 0.00000128. The predicted molar refractivity (Wildman–Crippen MR) is 64.5 cm³/mol. The van der Waals surface area contributed by atoms with Gasteiger partial charge in [-0.05, 0) is 37.0 Å². The average molecular weight is 246 g/mol. The lowest BCUT2D eigenvalue weighted by atomic mass is 9.77. The van der Waals surface area contributed by atoms with Crippen molar-refractivity contribution < 1.29 is 9.13 Å². The minimum Gasteiger partial charge on any atom is -0.497 e. The van der Waals surface area contributed by atoms with Crippen LogP contribution in [0.15, 0.2) is 18.2 Å². The van der Waals surface area contributed by atoms with Gasteiger partial charge in [0.2, 0.25) is 0 Å². The lowest BCUT2D eigenvalue weighted by Crippen LogP contribution is -2.27. The second-order valence-electron chi connectivity index (χ2n) is 4.10. The van der Waals surface area contributed by atoms with Crippen LogP contribution >= 0.6 is 12.4 Å². The van der Waals surface area contributed by atoms with E-state index in [1.54, 1.807) is 19.2 Å². The first kappa shape index (κ1) is 13.3. The summed E-state index contributed by atoms with van der Waals surface area (Å²) in [4.78, 5) is 0. The van der Waals surface area contributed by atoms with Gasteiger partial charge in [0.15, 0.2) is 0 Å². The van der Waals surface area contributed by atoms with Crippen LogP contribution in [0.3, 0.4) is 0 Å². The Kier molecular flexibility index (Phi) is 4.56. The van der Waals surface area contributed by atoms with Crippen LogP contribution in [0.4, 0.5) is 4.39 Å². The zero-order valence-corrected chi connectivity index (χ0v) is 10.1. The van der Waals surface area contributed by atoms with Crippen molar-refractivity contribution >= 4 is 12.4 Å². The van der Waals surface area contributed by atoms with E-state index >= 15 is 0 Å². The van der Waals surface area contributed by atoms with Crippen LogP contribution in [0.25, 0.3) is 0 Å². The molecule has 0 saturated heterocycles. The topological polar surface area (TPSA) is 35.2 Å². The lowest BCUT2D eigenvalue weighted by Gasteiger charge is -2.31. The van der Waals surface area contributed by atoms with Gasteiger partial charge in [-0.3, -0.25) is 0 Å². The molecule has 0 spiro atoms. The molecule has 2 N–H and O–H groups in total. The van der Waals surface area contributed by atoms with Crippen LogP contribution in [0, 0.1) is 11.7 Å². The van der Waals surface area contributed by atoms with E-state index in [4.69, 9.17) is 10.5 Å². The summed E-state index contributed by atoms with van der Waals surface area (Å²) >= 11 is 0. The third kappa shape index (κ3) is 2.47. The van der Waals surface area contributed by atoms with Crippen LogP contribution in [-0.2, 0) is 0 Å². The molecule has 0 aromatic heterocycles. The first-order valence-electron chi connectivity index (χ1n) is 5.31. The molecule has 0 amide bonds. The molecule has 1 aromatic carbocycles. The zero-order valence-electron chi connectivity index (χ0n) is 9.28. The van der Waals surface area contributed by atoms with Crippen molar-refractivity contribution in [2.24, 2.45) is 11.7 Å². The second kappa shape index (κ2) is 5.51. The van der Waals surface area contributed by atoms with Crippen molar-refractivity contribution in [2.45, 2.75) is 25.3 Å². The molecule has 90 valence electrons. The average Bonchev–Trinajstić information content (AvgIpc) is 2.15. The SMILES string of the molecule is COc1ccc(F)c([C@@H](N)C2CCC2)c1.Cl. The Hall–Kier alpha value is -0.800. The summed E-state index contributed by atoms with van der Waals surface area (Å²) < 4.78 is 18.6. The Labute approximate surface area is 101 Å². The van der Waals surface area contributed by atoms with Gasteiger partial charge >= 0.3 is 0 Å². The fraction of sp³-hybridized carbons (Fsp3) is 0.500. The van der Waals surface area contributed by atoms with Crippen molar-refractivity contribution in [3.05, 3.63) is 29.6 Å². The summed E-state index contributed by atoms with van der Waals surface area (Å²) in [5.41, 5.74) is 6.61. The highest BCUT2D eigenvalue weighted by Crippen LogP contribution is 2.37. The molecule has 2 rings (SSSR count). The van der Waals surface area contributed by atoms with E-state index in [1.807, 2.05) is 0 Å². The first-order chi connectivity index (χ1) is 7.22. The molecule has 4 heteroatoms. The number of rotatable bonds is 3. The van der Waals surface area contributed by atoms with E-state index in [2.05, 4.69) is 0 Å². The maximum Gasteiger partial charge on any atom is 0.128 e. The molecule has 0 radical (unpaired) electrons. The molecule has 0 aliphatic heterocycles. The lowest BCUT2D eigenvalue weighted by molar-refractivity contribution is 0.260. The summed E-state index contributed by atoms with van der Waals surface area (Å²) in [5.74, 6) is 0.878. The van der Waals surface area contributed by atoms with Crippen molar-refractivity contribution in [2.75, 3.05) is 7.11 Å². The molecule has 1 aliphatic rings. The zero-order chi connectivity index (χ0) is 10.8. The third-order valence-electron chi connectivity index (χ3n) is 3.22. The number of hydrogen-bond acceptors (Lipinski definition) is 2. The first-order valence-corrected chi connectivity index (χ1v) is 5.31. The Morgan fingerprint density at radius 2 is 2.12 bits per heavy atom. The molecule has 0 bridgehead atoms. The molecule has 1 aliphatic carbocycles. The van der Waals surface area contributed by atoms with Gasteiger partial charge < -0.3 is 10.5 Å². The number of halogens is 2. The molecule has 0 unspecified atom stereocenters. The number of methoxy groups -OCH3 is 1. The van der Waals surface area contributed by atoms with E-state index in [0.29, 0.717) is 17.2 Å². The van der Waals surface area contributed by atoms with E-state index in [-0.39, 0.29) is 24.3 Å². The quantitative estimate of drug-likeness (QED) is 0.888. The highest BCUT2D eigenvalue weighted by Gasteiger charge is 2.27. The van der Waals surface area contributed by atoms with Gasteiger partial charge in [-0.25, -0.2) is 4.39 Å². The molecule has 2 nitrogen and oxygen atoms in total. The van der Waals surface area contributed by atoms with Crippen LogP contribution < -0.4 is 10.5 Å². The molecule has 1 aromatic rings. The van der Waals surface area contributed by atoms with E-state index in [9.17, 15) is 4.39 Å². The van der Waals surface area contributed by atoms with Gasteiger partial charge in [-0.15, -0.1) is 12.4 Å². The van der Waals surface area contributed by atoms with Gasteiger partial charge in [-0.2, -0.15) is 0 Å². The number of benzene rings is 1. The number of ether oxygens (including phenoxy) is 1. The molecule has 0 heterocycles. The monoisotopic (exact) mass is 245 g/mol. The maximum atomic E-state index is 13.5. The van der Waals surface area contributed by atoms with E-state index in [0.717, 1.165) is 12.8 Å². The van der Waals surface area contributed by atoms with Crippen molar-refractivity contribution in [1.29, 1.82) is 0 Å². The van der Waals surface area contributed by atoms with Crippen LogP contribution in [-0.4, -0.2) is 7.11 Å². The molecular weight excluding hydrogens is 229 g/mol. The van der Waals surface area contributed by atoms with Gasteiger partial charge in [0.25, 0.3) is 0 Å². The van der Waals surface area contributed by atoms with Crippen LogP contribution in [0.1, 0.15) is 30.9 Å². The molecule has 16 heavy (non-hydrogen) atoms. The fourth-order valence-corrected chi connectivity index (χ4v) is 1.96. The summed E-state index contributed by atoms with van der Waals surface area (Å²) in [6.45, 7) is 0. The van der Waals surface area contributed by atoms with Gasteiger partial charge in [0.05, 0.1) is 7.11 Å². The minimum atomic E-state index is -0.227. The van der Waals surface area contributed by atoms with Gasteiger partial charge in [0.1, 0.15) is 11.6 Å². The normalized spacial score (nSPS) is 17.2. The van der Waals surface area contributed by atoms with Crippen LogP contribution in [0.5, 0.6) is 5.75 Å². The van der Waals surface area contributed by atoms with E-state index < -0.39 is 0 Å². The van der Waals surface area contributed by atoms with E-state index in [1.165, 1.54) is 12.5 Å². The van der Waals surface area contributed by atoms with Gasteiger partial charge in [-0.1, -0.05) is 6.42 Å². The van der Waals surface area contributed by atoms with Crippen LogP contribution in [0.2, 0.25) is 0 Å².